The van der Waals surface area contributed by atoms with Gasteiger partial charge in [0, 0.05) is 21.8 Å². The summed E-state index contributed by atoms with van der Waals surface area (Å²) in [6.07, 6.45) is 5.08. The van der Waals surface area contributed by atoms with Gasteiger partial charge in [0.2, 0.25) is 0 Å². The Labute approximate surface area is 116 Å². The Morgan fingerprint density at radius 1 is 1.35 bits per heavy atom. The van der Waals surface area contributed by atoms with Crippen LogP contribution < -0.4 is 10.6 Å². The number of hydrogen-bond acceptors (Lipinski definition) is 3. The van der Waals surface area contributed by atoms with Crippen molar-refractivity contribution in [3.8, 4) is 0 Å². The lowest BCUT2D eigenvalue weighted by Crippen LogP contribution is -2.36. The molecule has 1 aliphatic rings. The molecule has 1 aromatic rings. The van der Waals surface area contributed by atoms with E-state index < -0.39 is 0 Å². The zero-order chi connectivity index (χ0) is 12.3. The van der Waals surface area contributed by atoms with Crippen LogP contribution in [-0.2, 0) is 0 Å². The molecule has 4 heteroatoms. The molecule has 0 radical (unpaired) electrons. The third-order valence-electron chi connectivity index (χ3n) is 3.39. The Balaban J connectivity index is 2.24. The van der Waals surface area contributed by atoms with Crippen molar-refractivity contribution in [3.63, 3.8) is 0 Å². The molecule has 1 saturated carbocycles. The van der Waals surface area contributed by atoms with Crippen LogP contribution in [0.2, 0.25) is 0 Å². The van der Waals surface area contributed by atoms with Crippen molar-refractivity contribution in [1.82, 2.24) is 0 Å². The molecular weight excluding hydrogens is 327 g/mol. The van der Waals surface area contributed by atoms with Crippen LogP contribution in [0.15, 0.2) is 18.2 Å². The topological polar surface area (TPSA) is 49.5 Å². The van der Waals surface area contributed by atoms with Crippen LogP contribution in [0.1, 0.15) is 25.7 Å². The van der Waals surface area contributed by atoms with E-state index >= 15 is 0 Å². The first-order valence-corrected chi connectivity index (χ1v) is 7.23. The van der Waals surface area contributed by atoms with E-state index in [0.29, 0.717) is 12.6 Å². The van der Waals surface area contributed by atoms with Gasteiger partial charge in [-0.3, -0.25) is 0 Å². The average molecular weight is 346 g/mol. The Kier molecular flexibility index (Phi) is 4.50. The molecule has 0 aliphatic heterocycles. The number of hydrogen-bond donors (Lipinski definition) is 2. The summed E-state index contributed by atoms with van der Waals surface area (Å²) in [4.78, 5) is 2.34. The van der Waals surface area contributed by atoms with Crippen LogP contribution in [0.3, 0.4) is 0 Å². The van der Waals surface area contributed by atoms with Crippen molar-refractivity contribution >= 4 is 34.0 Å². The number of nitrogens with zero attached hydrogens (tertiary/aromatic N) is 1. The van der Waals surface area contributed by atoms with Crippen LogP contribution in [0.5, 0.6) is 0 Å². The second kappa shape index (κ2) is 5.91. The van der Waals surface area contributed by atoms with E-state index in [1.54, 1.807) is 0 Å². The number of anilines is 2. The van der Waals surface area contributed by atoms with Crippen LogP contribution in [0.4, 0.5) is 11.4 Å². The van der Waals surface area contributed by atoms with Gasteiger partial charge in [-0.05, 0) is 53.6 Å². The molecule has 1 fully saturated rings. The lowest BCUT2D eigenvalue weighted by atomic mass is 10.1. The third kappa shape index (κ3) is 3.04. The van der Waals surface area contributed by atoms with Crippen molar-refractivity contribution in [1.29, 1.82) is 0 Å². The highest BCUT2D eigenvalue weighted by atomic mass is 127. The summed E-state index contributed by atoms with van der Waals surface area (Å²) >= 11 is 2.32. The molecule has 0 heterocycles. The van der Waals surface area contributed by atoms with Gasteiger partial charge in [-0.25, -0.2) is 0 Å². The number of rotatable bonds is 4. The number of nitrogen functional groups attached to an aromatic ring is 1. The number of halogens is 1. The standard InChI is InChI=1S/C13H19IN2O/c14-12-9-10(15)5-6-13(12)16(7-8-17)11-3-1-2-4-11/h5-6,9,11,17H,1-4,7-8,15H2. The van der Waals surface area contributed by atoms with Crippen LogP contribution in [-0.4, -0.2) is 24.3 Å². The molecule has 0 saturated heterocycles. The molecular formula is C13H19IN2O. The summed E-state index contributed by atoms with van der Waals surface area (Å²) < 4.78 is 1.17. The van der Waals surface area contributed by atoms with Crippen molar-refractivity contribution in [2.24, 2.45) is 0 Å². The first kappa shape index (κ1) is 13.0. The van der Waals surface area contributed by atoms with Gasteiger partial charge in [0.25, 0.3) is 0 Å². The fourth-order valence-corrected chi connectivity index (χ4v) is 3.43. The predicted molar refractivity (Wildman–Crippen MR) is 80.3 cm³/mol. The minimum absolute atomic E-state index is 0.205. The van der Waals surface area contributed by atoms with Gasteiger partial charge >= 0.3 is 0 Å². The lowest BCUT2D eigenvalue weighted by Gasteiger charge is -2.31. The maximum absolute atomic E-state index is 9.24. The molecule has 0 unspecified atom stereocenters. The molecule has 1 aliphatic carbocycles. The molecule has 0 aromatic heterocycles. The maximum Gasteiger partial charge on any atom is 0.0606 e. The van der Waals surface area contributed by atoms with Gasteiger partial charge in [0.1, 0.15) is 0 Å². The normalized spacial score (nSPS) is 16.4. The van der Waals surface area contributed by atoms with Gasteiger partial charge in [-0.15, -0.1) is 0 Å². The first-order chi connectivity index (χ1) is 8.22. The Hall–Kier alpha value is -0.490. The van der Waals surface area contributed by atoms with Crippen LogP contribution in [0, 0.1) is 3.57 Å². The van der Waals surface area contributed by atoms with E-state index in [2.05, 4.69) is 33.6 Å². The number of aliphatic hydroxyl groups is 1. The summed E-state index contributed by atoms with van der Waals surface area (Å²) in [6, 6.07) is 6.59. The van der Waals surface area contributed by atoms with Gasteiger partial charge < -0.3 is 15.7 Å². The molecule has 3 N–H and O–H groups in total. The summed E-state index contributed by atoms with van der Waals surface area (Å²) in [5, 5.41) is 9.24. The zero-order valence-corrected chi connectivity index (χ0v) is 12.1. The summed E-state index contributed by atoms with van der Waals surface area (Å²) in [5.74, 6) is 0. The summed E-state index contributed by atoms with van der Waals surface area (Å²) in [5.41, 5.74) is 7.79. The van der Waals surface area contributed by atoms with E-state index in [0.717, 1.165) is 5.69 Å². The predicted octanol–water partition coefficient (Wildman–Crippen LogP) is 2.61. The molecule has 0 amide bonds. The molecule has 0 bridgehead atoms. The summed E-state index contributed by atoms with van der Waals surface area (Å²) in [7, 11) is 0. The Bertz CT molecular complexity index is 378. The number of aliphatic hydroxyl groups excluding tert-OH is 1. The quantitative estimate of drug-likeness (QED) is 0.651. The fraction of sp³-hybridized carbons (Fsp3) is 0.538. The highest BCUT2D eigenvalue weighted by Crippen LogP contribution is 2.31. The van der Waals surface area contributed by atoms with Crippen LogP contribution >= 0.6 is 22.6 Å². The van der Waals surface area contributed by atoms with E-state index in [9.17, 15) is 5.11 Å². The Morgan fingerprint density at radius 2 is 2.06 bits per heavy atom. The number of benzene rings is 1. The van der Waals surface area contributed by atoms with Gasteiger partial charge in [0.05, 0.1) is 12.3 Å². The second-order valence-corrected chi connectivity index (χ2v) is 5.73. The van der Waals surface area contributed by atoms with Crippen molar-refractivity contribution < 1.29 is 5.11 Å². The number of nitrogens with two attached hydrogens (primary N) is 1. The largest absolute Gasteiger partial charge is 0.399 e. The molecule has 2 rings (SSSR count). The lowest BCUT2D eigenvalue weighted by molar-refractivity contribution is 0.297. The van der Waals surface area contributed by atoms with Gasteiger partial charge in [-0.1, -0.05) is 12.8 Å². The van der Waals surface area contributed by atoms with Crippen molar-refractivity contribution in [2.45, 2.75) is 31.7 Å². The molecule has 0 atom stereocenters. The monoisotopic (exact) mass is 346 g/mol. The Morgan fingerprint density at radius 3 is 2.65 bits per heavy atom. The first-order valence-electron chi connectivity index (χ1n) is 6.15. The van der Waals surface area contributed by atoms with Gasteiger partial charge in [-0.2, -0.15) is 0 Å². The van der Waals surface area contributed by atoms with E-state index in [1.165, 1.54) is 34.9 Å². The van der Waals surface area contributed by atoms with Gasteiger partial charge in [0.15, 0.2) is 0 Å². The minimum atomic E-state index is 0.205. The van der Waals surface area contributed by atoms with Crippen LogP contribution in [0.25, 0.3) is 0 Å². The molecule has 1 aromatic carbocycles. The molecule has 0 spiro atoms. The molecule has 3 nitrogen and oxygen atoms in total. The average Bonchev–Trinajstić information content (AvgIpc) is 2.80. The van der Waals surface area contributed by atoms with Crippen molar-refractivity contribution in [3.05, 3.63) is 21.8 Å². The third-order valence-corrected chi connectivity index (χ3v) is 4.25. The van der Waals surface area contributed by atoms with Crippen molar-refractivity contribution in [2.75, 3.05) is 23.8 Å². The highest BCUT2D eigenvalue weighted by molar-refractivity contribution is 14.1. The molecule has 94 valence electrons. The SMILES string of the molecule is Nc1ccc(N(CCO)C2CCCC2)c(I)c1. The minimum Gasteiger partial charge on any atom is -0.399 e. The fourth-order valence-electron chi connectivity index (χ4n) is 2.58. The van der Waals surface area contributed by atoms with E-state index in [4.69, 9.17) is 5.73 Å². The summed E-state index contributed by atoms with van der Waals surface area (Å²) in [6.45, 7) is 0.918. The smallest absolute Gasteiger partial charge is 0.0606 e. The highest BCUT2D eigenvalue weighted by Gasteiger charge is 2.23. The second-order valence-electron chi connectivity index (χ2n) is 4.57. The maximum atomic E-state index is 9.24. The van der Waals surface area contributed by atoms with E-state index in [1.807, 2.05) is 12.1 Å². The zero-order valence-electron chi connectivity index (χ0n) is 9.90. The van der Waals surface area contributed by atoms with E-state index in [-0.39, 0.29) is 6.61 Å². The molecule has 17 heavy (non-hydrogen) atoms.